The molecule has 1 aromatic heterocycles. The van der Waals surface area contributed by atoms with Crippen LogP contribution >= 0.6 is 11.8 Å². The lowest BCUT2D eigenvalue weighted by molar-refractivity contribution is 0.264. The van der Waals surface area contributed by atoms with Crippen molar-refractivity contribution in [3.63, 3.8) is 0 Å². The maximum Gasteiger partial charge on any atom is 0.137 e. The van der Waals surface area contributed by atoms with E-state index < -0.39 is 0 Å². The minimum absolute atomic E-state index is 0.0238. The number of aromatic nitrogens is 1. The number of nitrogens with zero attached hydrogens (tertiary/aromatic N) is 1. The molecule has 2 heterocycles. The fourth-order valence-corrected chi connectivity index (χ4v) is 2.97. The van der Waals surface area contributed by atoms with Crippen LogP contribution in [0.2, 0.25) is 0 Å². The largest absolute Gasteiger partial charge is 0.390 e. The predicted molar refractivity (Wildman–Crippen MR) is 56.2 cm³/mol. The van der Waals surface area contributed by atoms with Crippen LogP contribution in [0.4, 0.5) is 0 Å². The van der Waals surface area contributed by atoms with Crippen molar-refractivity contribution < 1.29 is 9.63 Å². The second-order valence-corrected chi connectivity index (χ2v) is 4.93. The van der Waals surface area contributed by atoms with Gasteiger partial charge in [-0.3, -0.25) is 0 Å². The first-order valence-electron chi connectivity index (χ1n) is 5.01. The Bertz CT molecular complexity index is 281. The molecule has 4 heteroatoms. The molecule has 1 N–H and O–H groups in total. The Kier molecular flexibility index (Phi) is 3.48. The molecule has 0 radical (unpaired) electrons. The Morgan fingerprint density at radius 1 is 1.50 bits per heavy atom. The van der Waals surface area contributed by atoms with Crippen LogP contribution in [-0.4, -0.2) is 21.8 Å². The fraction of sp³-hybridized carbons (Fsp3) is 0.700. The number of thioether (sulfide) groups is 1. The first kappa shape index (κ1) is 10.1. The summed E-state index contributed by atoms with van der Waals surface area (Å²) in [7, 11) is 0. The van der Waals surface area contributed by atoms with Crippen molar-refractivity contribution >= 4 is 11.8 Å². The van der Waals surface area contributed by atoms with Crippen molar-refractivity contribution in [3.05, 3.63) is 17.5 Å². The number of rotatable bonds is 3. The third-order valence-electron chi connectivity index (χ3n) is 2.60. The van der Waals surface area contributed by atoms with Crippen molar-refractivity contribution in [1.29, 1.82) is 0 Å². The van der Waals surface area contributed by atoms with Crippen molar-refractivity contribution in [2.45, 2.75) is 25.9 Å². The lowest BCUT2D eigenvalue weighted by atomic mass is 9.97. The monoisotopic (exact) mass is 213 g/mol. The van der Waals surface area contributed by atoms with Crippen LogP contribution in [0.3, 0.4) is 0 Å². The highest BCUT2D eigenvalue weighted by Crippen LogP contribution is 2.25. The summed E-state index contributed by atoms with van der Waals surface area (Å²) in [5, 5.41) is 12.6. The number of hydrogen-bond acceptors (Lipinski definition) is 4. The van der Waals surface area contributed by atoms with Crippen LogP contribution in [0.5, 0.6) is 0 Å². The predicted octanol–water partition coefficient (Wildman–Crippen LogP) is 1.85. The maximum atomic E-state index is 8.83. The van der Waals surface area contributed by atoms with Crippen LogP contribution in [0.1, 0.15) is 24.3 Å². The summed E-state index contributed by atoms with van der Waals surface area (Å²) in [5.41, 5.74) is 0.644. The normalized spacial score (nSPS) is 18.6. The quantitative estimate of drug-likeness (QED) is 0.832. The molecule has 1 aliphatic rings. The molecule has 0 saturated carbocycles. The molecule has 1 fully saturated rings. The summed E-state index contributed by atoms with van der Waals surface area (Å²) in [6.45, 7) is -0.0238. The third kappa shape index (κ3) is 2.51. The van der Waals surface area contributed by atoms with Gasteiger partial charge in [-0.1, -0.05) is 5.16 Å². The molecule has 1 aromatic rings. The standard InChI is InChI=1S/C10H15NO2S/c12-7-9-6-10(13-11-9)5-8-1-3-14-4-2-8/h6,8,12H,1-5,7H2. The van der Waals surface area contributed by atoms with E-state index in [9.17, 15) is 0 Å². The highest BCUT2D eigenvalue weighted by atomic mass is 32.2. The fourth-order valence-electron chi connectivity index (χ4n) is 1.76. The van der Waals surface area contributed by atoms with Gasteiger partial charge in [-0.2, -0.15) is 11.8 Å². The van der Waals surface area contributed by atoms with Gasteiger partial charge >= 0.3 is 0 Å². The van der Waals surface area contributed by atoms with Gasteiger partial charge in [0.15, 0.2) is 0 Å². The second-order valence-electron chi connectivity index (χ2n) is 3.70. The van der Waals surface area contributed by atoms with E-state index >= 15 is 0 Å². The van der Waals surface area contributed by atoms with Crippen molar-refractivity contribution in [1.82, 2.24) is 5.16 Å². The number of hydrogen-bond donors (Lipinski definition) is 1. The lowest BCUT2D eigenvalue weighted by Crippen LogP contribution is -2.11. The molecular formula is C10H15NO2S. The smallest absolute Gasteiger partial charge is 0.137 e. The Balaban J connectivity index is 1.89. The molecule has 0 amide bonds. The molecular weight excluding hydrogens is 198 g/mol. The molecule has 0 unspecified atom stereocenters. The molecule has 3 nitrogen and oxygen atoms in total. The highest BCUT2D eigenvalue weighted by molar-refractivity contribution is 7.99. The van der Waals surface area contributed by atoms with E-state index in [-0.39, 0.29) is 6.61 Å². The van der Waals surface area contributed by atoms with Gasteiger partial charge in [0.2, 0.25) is 0 Å². The van der Waals surface area contributed by atoms with Gasteiger partial charge < -0.3 is 9.63 Å². The lowest BCUT2D eigenvalue weighted by Gasteiger charge is -2.19. The van der Waals surface area contributed by atoms with E-state index in [0.29, 0.717) is 5.69 Å². The van der Waals surface area contributed by atoms with Crippen LogP contribution in [0, 0.1) is 5.92 Å². The van der Waals surface area contributed by atoms with Crippen molar-refractivity contribution in [3.8, 4) is 0 Å². The first-order valence-corrected chi connectivity index (χ1v) is 6.17. The van der Waals surface area contributed by atoms with Crippen LogP contribution in [0.15, 0.2) is 10.6 Å². The molecule has 2 rings (SSSR count). The zero-order chi connectivity index (χ0) is 9.80. The van der Waals surface area contributed by atoms with Gasteiger partial charge in [0.05, 0.1) is 6.61 Å². The van der Waals surface area contributed by atoms with Gasteiger partial charge in [-0.05, 0) is 30.3 Å². The summed E-state index contributed by atoms with van der Waals surface area (Å²) in [4.78, 5) is 0. The molecule has 1 aliphatic heterocycles. The van der Waals surface area contributed by atoms with Gasteiger partial charge in [-0.15, -0.1) is 0 Å². The number of aliphatic hydroxyl groups excluding tert-OH is 1. The van der Waals surface area contributed by atoms with Crippen LogP contribution < -0.4 is 0 Å². The van der Waals surface area contributed by atoms with E-state index in [1.54, 1.807) is 0 Å². The summed E-state index contributed by atoms with van der Waals surface area (Å²) in [5.74, 6) is 4.21. The topological polar surface area (TPSA) is 46.3 Å². The summed E-state index contributed by atoms with van der Waals surface area (Å²) in [6.07, 6.45) is 3.53. The third-order valence-corrected chi connectivity index (χ3v) is 3.65. The van der Waals surface area contributed by atoms with E-state index in [1.165, 1.54) is 24.3 Å². The van der Waals surface area contributed by atoms with E-state index in [4.69, 9.17) is 9.63 Å². The maximum absolute atomic E-state index is 8.83. The van der Waals surface area contributed by atoms with Crippen molar-refractivity contribution in [2.24, 2.45) is 5.92 Å². The van der Waals surface area contributed by atoms with E-state index in [1.807, 2.05) is 17.8 Å². The molecule has 0 bridgehead atoms. The molecule has 78 valence electrons. The Morgan fingerprint density at radius 2 is 2.29 bits per heavy atom. The van der Waals surface area contributed by atoms with E-state index in [2.05, 4.69) is 5.16 Å². The van der Waals surface area contributed by atoms with Gasteiger partial charge in [0.1, 0.15) is 11.5 Å². The molecule has 0 aromatic carbocycles. The summed E-state index contributed by atoms with van der Waals surface area (Å²) < 4.78 is 5.14. The Labute approximate surface area is 87.9 Å². The van der Waals surface area contributed by atoms with Gasteiger partial charge in [-0.25, -0.2) is 0 Å². The highest BCUT2D eigenvalue weighted by Gasteiger charge is 2.16. The molecule has 0 aliphatic carbocycles. The van der Waals surface area contributed by atoms with Crippen LogP contribution in [-0.2, 0) is 13.0 Å². The zero-order valence-corrected chi connectivity index (χ0v) is 8.92. The van der Waals surface area contributed by atoms with Crippen molar-refractivity contribution in [2.75, 3.05) is 11.5 Å². The second kappa shape index (κ2) is 4.84. The number of aliphatic hydroxyl groups is 1. The molecule has 0 atom stereocenters. The average molecular weight is 213 g/mol. The minimum atomic E-state index is -0.0238. The Hall–Kier alpha value is -0.480. The summed E-state index contributed by atoms with van der Waals surface area (Å²) >= 11 is 2.03. The van der Waals surface area contributed by atoms with Gasteiger partial charge in [0, 0.05) is 12.5 Å². The molecule has 1 saturated heterocycles. The first-order chi connectivity index (χ1) is 6.88. The van der Waals surface area contributed by atoms with E-state index in [0.717, 1.165) is 18.1 Å². The molecule has 0 spiro atoms. The average Bonchev–Trinajstić information content (AvgIpc) is 2.67. The summed E-state index contributed by atoms with van der Waals surface area (Å²) in [6, 6.07) is 1.86. The van der Waals surface area contributed by atoms with Gasteiger partial charge in [0.25, 0.3) is 0 Å². The zero-order valence-electron chi connectivity index (χ0n) is 8.11. The Morgan fingerprint density at radius 3 is 2.93 bits per heavy atom. The van der Waals surface area contributed by atoms with Crippen LogP contribution in [0.25, 0.3) is 0 Å². The SMILES string of the molecule is OCc1cc(CC2CCSCC2)on1. The molecule has 14 heavy (non-hydrogen) atoms. The minimum Gasteiger partial charge on any atom is -0.390 e.